The molecular weight excluding hydrogens is 327 g/mol. The molecule has 0 aliphatic heterocycles. The van der Waals surface area contributed by atoms with Crippen molar-refractivity contribution >= 4 is 27.5 Å². The zero-order valence-corrected chi connectivity index (χ0v) is 13.4. The van der Waals surface area contributed by atoms with Gasteiger partial charge in [-0.2, -0.15) is 0 Å². The van der Waals surface area contributed by atoms with Gasteiger partial charge in [0.2, 0.25) is 0 Å². The van der Waals surface area contributed by atoms with Crippen molar-refractivity contribution in [2.45, 2.75) is 26.1 Å². The number of hydrogen-bond donors (Lipinski definition) is 0. The molecular formula is C16H15BrClF. The van der Waals surface area contributed by atoms with E-state index < -0.39 is 5.38 Å². The summed E-state index contributed by atoms with van der Waals surface area (Å²) in [5, 5.41) is -0.464. The van der Waals surface area contributed by atoms with Gasteiger partial charge in [0.05, 0.1) is 5.38 Å². The highest BCUT2D eigenvalue weighted by Crippen LogP contribution is 2.35. The molecule has 0 bridgehead atoms. The van der Waals surface area contributed by atoms with E-state index in [4.69, 9.17) is 11.6 Å². The molecule has 0 aliphatic rings. The summed E-state index contributed by atoms with van der Waals surface area (Å²) in [4.78, 5) is 0. The molecule has 100 valence electrons. The highest BCUT2D eigenvalue weighted by molar-refractivity contribution is 9.10. The summed E-state index contributed by atoms with van der Waals surface area (Å²) in [6, 6.07) is 9.15. The number of rotatable bonds is 2. The Balaban J connectivity index is 2.53. The summed E-state index contributed by atoms with van der Waals surface area (Å²) < 4.78 is 14.7. The van der Waals surface area contributed by atoms with E-state index >= 15 is 0 Å². The molecule has 0 amide bonds. The molecule has 1 unspecified atom stereocenters. The minimum atomic E-state index is -0.464. The van der Waals surface area contributed by atoms with E-state index in [-0.39, 0.29) is 5.82 Å². The maximum atomic E-state index is 14.0. The third-order valence-electron chi connectivity index (χ3n) is 3.23. The van der Waals surface area contributed by atoms with E-state index in [9.17, 15) is 4.39 Å². The van der Waals surface area contributed by atoms with Crippen molar-refractivity contribution in [2.75, 3.05) is 0 Å². The lowest BCUT2D eigenvalue weighted by atomic mass is 9.93. The van der Waals surface area contributed by atoms with Crippen molar-refractivity contribution in [3.8, 4) is 0 Å². The Morgan fingerprint density at radius 2 is 1.63 bits per heavy atom. The third-order valence-corrected chi connectivity index (χ3v) is 4.17. The second kappa shape index (κ2) is 5.64. The fourth-order valence-electron chi connectivity index (χ4n) is 2.45. The molecule has 19 heavy (non-hydrogen) atoms. The molecule has 0 saturated carbocycles. The van der Waals surface area contributed by atoms with Gasteiger partial charge in [-0.15, -0.1) is 11.6 Å². The number of benzene rings is 2. The van der Waals surface area contributed by atoms with Crippen molar-refractivity contribution in [1.82, 2.24) is 0 Å². The average Bonchev–Trinajstić information content (AvgIpc) is 2.26. The van der Waals surface area contributed by atoms with E-state index in [1.54, 1.807) is 6.07 Å². The highest BCUT2D eigenvalue weighted by atomic mass is 79.9. The molecule has 0 N–H and O–H groups in total. The molecule has 0 radical (unpaired) electrons. The summed E-state index contributed by atoms with van der Waals surface area (Å²) in [5.41, 5.74) is 4.90. The van der Waals surface area contributed by atoms with Crippen LogP contribution in [0, 0.1) is 26.6 Å². The summed E-state index contributed by atoms with van der Waals surface area (Å²) in [6.07, 6.45) is 0. The molecule has 1 atom stereocenters. The van der Waals surface area contributed by atoms with Crippen LogP contribution >= 0.6 is 27.5 Å². The molecule has 3 heteroatoms. The van der Waals surface area contributed by atoms with Gasteiger partial charge in [0.25, 0.3) is 0 Å². The second-order valence-electron chi connectivity index (χ2n) is 4.84. The standard InChI is InChI=1S/C16H15BrClF/c1-9-6-10(2)15(11(3)7-9)16(18)13-5-4-12(17)8-14(13)19/h4-8,16H,1-3H3. The normalized spacial score (nSPS) is 12.5. The predicted molar refractivity (Wildman–Crippen MR) is 82.4 cm³/mol. The zero-order chi connectivity index (χ0) is 14.2. The van der Waals surface area contributed by atoms with Crippen LogP contribution in [0.5, 0.6) is 0 Å². The van der Waals surface area contributed by atoms with Crippen molar-refractivity contribution < 1.29 is 4.39 Å². The molecule has 0 fully saturated rings. The third kappa shape index (κ3) is 3.01. The van der Waals surface area contributed by atoms with Gasteiger partial charge in [0, 0.05) is 10.0 Å². The van der Waals surface area contributed by atoms with Crippen LogP contribution < -0.4 is 0 Å². The van der Waals surface area contributed by atoms with Gasteiger partial charge < -0.3 is 0 Å². The van der Waals surface area contributed by atoms with E-state index in [1.807, 2.05) is 26.8 Å². The Hall–Kier alpha value is -0.860. The van der Waals surface area contributed by atoms with Gasteiger partial charge in [-0.05, 0) is 49.6 Å². The lowest BCUT2D eigenvalue weighted by Gasteiger charge is -2.18. The molecule has 0 nitrogen and oxygen atoms in total. The van der Waals surface area contributed by atoms with E-state index in [1.165, 1.54) is 11.6 Å². The molecule has 0 heterocycles. The molecule has 0 aliphatic carbocycles. The van der Waals surface area contributed by atoms with Crippen molar-refractivity contribution in [2.24, 2.45) is 0 Å². The largest absolute Gasteiger partial charge is 0.207 e. The number of hydrogen-bond acceptors (Lipinski definition) is 0. The van der Waals surface area contributed by atoms with Gasteiger partial charge >= 0.3 is 0 Å². The minimum absolute atomic E-state index is 0.284. The molecule has 0 aromatic heterocycles. The fourth-order valence-corrected chi connectivity index (χ4v) is 3.31. The fraction of sp³-hybridized carbons (Fsp3) is 0.250. The Bertz CT molecular complexity index is 599. The van der Waals surface area contributed by atoms with Gasteiger partial charge in [0.1, 0.15) is 5.82 Å². The van der Waals surface area contributed by atoms with Crippen LogP contribution in [0.15, 0.2) is 34.8 Å². The number of aryl methyl sites for hydroxylation is 3. The van der Waals surface area contributed by atoms with Gasteiger partial charge in [-0.1, -0.05) is 39.7 Å². The van der Waals surface area contributed by atoms with Crippen LogP contribution in [0.1, 0.15) is 33.2 Å². The topological polar surface area (TPSA) is 0 Å². The van der Waals surface area contributed by atoms with Crippen LogP contribution in [0.4, 0.5) is 4.39 Å². The summed E-state index contributed by atoms with van der Waals surface area (Å²) >= 11 is 9.75. The van der Waals surface area contributed by atoms with E-state index in [2.05, 4.69) is 28.1 Å². The van der Waals surface area contributed by atoms with Crippen LogP contribution in [0.2, 0.25) is 0 Å². The molecule has 2 aromatic rings. The predicted octanol–water partition coefficient (Wildman–Crippen LogP) is 5.84. The molecule has 2 aromatic carbocycles. The first-order valence-electron chi connectivity index (χ1n) is 6.07. The molecule has 2 rings (SSSR count). The van der Waals surface area contributed by atoms with Crippen LogP contribution in [0.3, 0.4) is 0 Å². The van der Waals surface area contributed by atoms with Gasteiger partial charge in [0.15, 0.2) is 0 Å². The second-order valence-corrected chi connectivity index (χ2v) is 6.19. The van der Waals surface area contributed by atoms with Crippen LogP contribution in [0.25, 0.3) is 0 Å². The zero-order valence-electron chi connectivity index (χ0n) is 11.1. The van der Waals surface area contributed by atoms with Gasteiger partial charge in [-0.3, -0.25) is 0 Å². The maximum Gasteiger partial charge on any atom is 0.129 e. The smallest absolute Gasteiger partial charge is 0.129 e. The Kier molecular flexibility index (Phi) is 4.32. The first kappa shape index (κ1) is 14.5. The summed E-state index contributed by atoms with van der Waals surface area (Å²) in [6.45, 7) is 6.08. The highest BCUT2D eigenvalue weighted by Gasteiger charge is 2.19. The summed E-state index contributed by atoms with van der Waals surface area (Å²) in [7, 11) is 0. The first-order chi connectivity index (χ1) is 8.90. The Labute approximate surface area is 126 Å². The maximum absolute atomic E-state index is 14.0. The molecule has 0 saturated heterocycles. The number of halogens is 3. The average molecular weight is 342 g/mol. The SMILES string of the molecule is Cc1cc(C)c(C(Cl)c2ccc(Br)cc2F)c(C)c1. The van der Waals surface area contributed by atoms with E-state index in [0.29, 0.717) is 5.56 Å². The lowest BCUT2D eigenvalue weighted by Crippen LogP contribution is -2.02. The van der Waals surface area contributed by atoms with Crippen LogP contribution in [-0.2, 0) is 0 Å². The van der Waals surface area contributed by atoms with Crippen molar-refractivity contribution in [3.63, 3.8) is 0 Å². The quantitative estimate of drug-likeness (QED) is 0.602. The summed E-state index contributed by atoms with van der Waals surface area (Å²) in [5.74, 6) is -0.284. The first-order valence-corrected chi connectivity index (χ1v) is 7.30. The lowest BCUT2D eigenvalue weighted by molar-refractivity contribution is 0.611. The monoisotopic (exact) mass is 340 g/mol. The van der Waals surface area contributed by atoms with Crippen molar-refractivity contribution in [1.29, 1.82) is 0 Å². The Morgan fingerprint density at radius 1 is 1.05 bits per heavy atom. The van der Waals surface area contributed by atoms with Gasteiger partial charge in [-0.25, -0.2) is 4.39 Å². The molecule has 0 spiro atoms. The minimum Gasteiger partial charge on any atom is -0.207 e. The van der Waals surface area contributed by atoms with Crippen LogP contribution in [-0.4, -0.2) is 0 Å². The number of alkyl halides is 1. The Morgan fingerprint density at radius 3 is 2.16 bits per heavy atom. The van der Waals surface area contributed by atoms with E-state index in [0.717, 1.165) is 21.2 Å². The van der Waals surface area contributed by atoms with Crippen molar-refractivity contribution in [3.05, 3.63) is 68.4 Å².